The van der Waals surface area contributed by atoms with Crippen LogP contribution in [0.25, 0.3) is 0 Å². The Kier molecular flexibility index (Phi) is 11.1. The average molecular weight is 648 g/mol. The molecule has 4 aliphatic carbocycles. The monoisotopic (exact) mass is 647 g/mol. The van der Waals surface area contributed by atoms with Crippen LogP contribution in [-0.2, 0) is 42.9 Å². The number of hydrogen-bond donors (Lipinski definition) is 0. The minimum absolute atomic E-state index is 0.0353. The molecule has 1 saturated heterocycles. The van der Waals surface area contributed by atoms with Crippen LogP contribution >= 0.6 is 0 Å². The lowest BCUT2D eigenvalue weighted by Crippen LogP contribution is -2.63. The summed E-state index contributed by atoms with van der Waals surface area (Å²) >= 11 is 0. The van der Waals surface area contributed by atoms with Crippen molar-refractivity contribution in [3.8, 4) is 0 Å². The van der Waals surface area contributed by atoms with Gasteiger partial charge in [0.1, 0.15) is 24.9 Å². The van der Waals surface area contributed by atoms with Crippen LogP contribution in [0, 0.1) is 46.3 Å². The Morgan fingerprint density at radius 3 is 2.24 bits per heavy atom. The molecule has 1 heterocycles. The lowest BCUT2D eigenvalue weighted by molar-refractivity contribution is -0.224. The van der Waals surface area contributed by atoms with Gasteiger partial charge in [0.25, 0.3) is 0 Å². The van der Waals surface area contributed by atoms with Crippen LogP contribution in [0.3, 0.4) is 0 Å². The second-order valence-electron chi connectivity index (χ2n) is 15.5. The van der Waals surface area contributed by atoms with Gasteiger partial charge in [-0.3, -0.25) is 24.1 Å². The van der Waals surface area contributed by atoms with Gasteiger partial charge in [-0.1, -0.05) is 20.8 Å². The average Bonchev–Trinajstić information content (AvgIpc) is 3.35. The number of rotatable bonds is 10. The number of carbonyl (C=O) groups is 4. The van der Waals surface area contributed by atoms with Crippen molar-refractivity contribution in [3.63, 3.8) is 0 Å². The maximum atomic E-state index is 12.8. The fraction of sp³-hybridized carbons (Fsp3) is 0.889. The Morgan fingerprint density at radius 2 is 1.57 bits per heavy atom. The molecule has 0 aromatic rings. The van der Waals surface area contributed by atoms with Crippen molar-refractivity contribution in [2.75, 3.05) is 39.5 Å². The van der Waals surface area contributed by atoms with E-state index in [4.69, 9.17) is 23.7 Å². The summed E-state index contributed by atoms with van der Waals surface area (Å²) in [5.41, 5.74) is -0.338. The number of fused-ring (bicyclic) bond motifs is 5. The smallest absolute Gasteiger partial charge is 0.305 e. The van der Waals surface area contributed by atoms with Gasteiger partial charge < -0.3 is 23.7 Å². The first-order chi connectivity index (χ1) is 21.8. The van der Waals surface area contributed by atoms with Crippen molar-refractivity contribution in [1.82, 2.24) is 4.90 Å². The molecule has 0 radical (unpaired) electrons. The molecule has 5 fully saturated rings. The zero-order valence-corrected chi connectivity index (χ0v) is 28.9. The highest BCUT2D eigenvalue weighted by Crippen LogP contribution is 2.69. The van der Waals surface area contributed by atoms with E-state index < -0.39 is 0 Å². The predicted molar refractivity (Wildman–Crippen MR) is 169 cm³/mol. The summed E-state index contributed by atoms with van der Waals surface area (Å²) in [6, 6.07) is 0. The fourth-order valence-electron chi connectivity index (χ4n) is 10.8. The first-order valence-corrected chi connectivity index (χ1v) is 17.8. The van der Waals surface area contributed by atoms with Gasteiger partial charge in [0.05, 0.1) is 13.2 Å². The minimum Gasteiger partial charge on any atom is -0.464 e. The van der Waals surface area contributed by atoms with Crippen LogP contribution in [-0.4, -0.2) is 86.5 Å². The molecule has 0 aromatic heterocycles. The highest BCUT2D eigenvalue weighted by Gasteiger charge is 2.67. The molecular weight excluding hydrogens is 590 g/mol. The molecular formula is C36H57NO9. The van der Waals surface area contributed by atoms with E-state index in [2.05, 4.69) is 25.7 Å². The van der Waals surface area contributed by atoms with Crippen molar-refractivity contribution in [3.05, 3.63) is 0 Å². The van der Waals surface area contributed by atoms with Gasteiger partial charge in [-0.05, 0) is 86.4 Å². The Bertz CT molecular complexity index is 1120. The Hall–Kier alpha value is -2.20. The summed E-state index contributed by atoms with van der Waals surface area (Å²) < 4.78 is 29.1. The standard InChI is InChI=1S/C36H57NO9/c1-22(7-10-33(41)43-18-15-37-13-16-42-17-14-37)28-8-9-29-34-30(21-32(36(28,29)6)46-25(4)40)35(5)12-11-27(44-23(2)38)19-26(35)20-31(34)45-24(3)39/h22,26-32,34H,7-21H2,1-6H3/t22?,26-,27+,28+,29-,30-,31+,32-,34-,35-,36+/m0/s1. The molecule has 4 saturated carbocycles. The number of carbonyl (C=O) groups excluding carboxylic acids is 4. The van der Waals surface area contributed by atoms with Gasteiger partial charge in [0.15, 0.2) is 0 Å². The van der Waals surface area contributed by atoms with Crippen molar-refractivity contribution >= 4 is 23.9 Å². The molecule has 46 heavy (non-hydrogen) atoms. The molecule has 11 atom stereocenters. The summed E-state index contributed by atoms with van der Waals surface area (Å²) in [5.74, 6) is 0.376. The molecule has 0 aromatic carbocycles. The zero-order chi connectivity index (χ0) is 33.2. The Labute approximate surface area is 274 Å². The van der Waals surface area contributed by atoms with Gasteiger partial charge in [-0.25, -0.2) is 0 Å². The highest BCUT2D eigenvalue weighted by atomic mass is 16.6. The quantitative estimate of drug-likeness (QED) is 0.238. The number of esters is 4. The largest absolute Gasteiger partial charge is 0.464 e. The SMILES string of the molecule is CC(=O)O[C@@H]1CC[C@@]2(C)[C@@H](C1)C[C@@H](OC(C)=O)[C@@H]1[C@@H]2C[C@H](OC(C)=O)[C@]2(C)[C@@H](C(C)CCC(=O)OCCN3CCOCC3)CC[C@@H]12. The normalized spacial score (nSPS) is 39.6. The molecule has 10 heteroatoms. The minimum atomic E-state index is -0.303. The number of morpholine rings is 1. The number of ether oxygens (including phenoxy) is 5. The van der Waals surface area contributed by atoms with E-state index in [1.54, 1.807) is 0 Å². The molecule has 5 rings (SSSR count). The van der Waals surface area contributed by atoms with E-state index in [-0.39, 0.29) is 88.5 Å². The molecule has 0 amide bonds. The van der Waals surface area contributed by atoms with Crippen LogP contribution in [0.5, 0.6) is 0 Å². The summed E-state index contributed by atoms with van der Waals surface area (Å²) in [5, 5.41) is 0. The van der Waals surface area contributed by atoms with Crippen LogP contribution in [0.1, 0.15) is 99.3 Å². The number of nitrogens with zero attached hydrogens (tertiary/aromatic N) is 1. The zero-order valence-electron chi connectivity index (χ0n) is 28.9. The van der Waals surface area contributed by atoms with Crippen molar-refractivity contribution in [2.24, 2.45) is 46.3 Å². The van der Waals surface area contributed by atoms with E-state index in [1.165, 1.54) is 20.8 Å². The van der Waals surface area contributed by atoms with Gasteiger partial charge in [-0.15, -0.1) is 0 Å². The van der Waals surface area contributed by atoms with E-state index in [0.29, 0.717) is 13.0 Å². The molecule has 0 spiro atoms. The van der Waals surface area contributed by atoms with Gasteiger partial charge in [0.2, 0.25) is 0 Å². The van der Waals surface area contributed by atoms with E-state index in [9.17, 15) is 19.2 Å². The first-order valence-electron chi connectivity index (χ1n) is 17.8. The molecule has 260 valence electrons. The third kappa shape index (κ3) is 7.27. The predicted octanol–water partition coefficient (Wildman–Crippen LogP) is 4.95. The second-order valence-corrected chi connectivity index (χ2v) is 15.5. The van der Waals surface area contributed by atoms with Crippen LogP contribution in [0.15, 0.2) is 0 Å². The van der Waals surface area contributed by atoms with Crippen LogP contribution < -0.4 is 0 Å². The Balaban J connectivity index is 1.32. The summed E-state index contributed by atoms with van der Waals surface area (Å²) in [4.78, 5) is 51.9. The third-order valence-electron chi connectivity index (χ3n) is 13.0. The first kappa shape index (κ1) is 35.1. The van der Waals surface area contributed by atoms with Crippen LogP contribution in [0.4, 0.5) is 0 Å². The molecule has 1 aliphatic heterocycles. The van der Waals surface area contributed by atoms with Crippen LogP contribution in [0.2, 0.25) is 0 Å². The van der Waals surface area contributed by atoms with Gasteiger partial charge in [-0.2, -0.15) is 0 Å². The molecule has 0 bridgehead atoms. The summed E-state index contributed by atoms with van der Waals surface area (Å²) in [6.45, 7) is 15.7. The topological polar surface area (TPSA) is 118 Å². The molecule has 0 N–H and O–H groups in total. The van der Waals surface area contributed by atoms with Gasteiger partial charge in [0, 0.05) is 58.2 Å². The lowest BCUT2D eigenvalue weighted by Gasteiger charge is -2.64. The number of hydrogen-bond acceptors (Lipinski definition) is 10. The van der Waals surface area contributed by atoms with Gasteiger partial charge >= 0.3 is 23.9 Å². The van der Waals surface area contributed by atoms with E-state index >= 15 is 0 Å². The fourth-order valence-corrected chi connectivity index (χ4v) is 10.8. The highest BCUT2D eigenvalue weighted by molar-refractivity contribution is 5.69. The van der Waals surface area contributed by atoms with Crippen molar-refractivity contribution < 1.29 is 42.9 Å². The molecule has 5 aliphatic rings. The van der Waals surface area contributed by atoms with Crippen molar-refractivity contribution in [2.45, 2.75) is 118 Å². The van der Waals surface area contributed by atoms with E-state index in [0.717, 1.165) is 84.2 Å². The lowest BCUT2D eigenvalue weighted by atomic mass is 9.43. The maximum Gasteiger partial charge on any atom is 0.305 e. The summed E-state index contributed by atoms with van der Waals surface area (Å²) in [6.07, 6.45) is 6.43. The maximum absolute atomic E-state index is 12.8. The third-order valence-corrected chi connectivity index (χ3v) is 13.0. The molecule has 10 nitrogen and oxygen atoms in total. The molecule has 1 unspecified atom stereocenters. The van der Waals surface area contributed by atoms with E-state index in [1.807, 2.05) is 0 Å². The Morgan fingerprint density at radius 1 is 0.870 bits per heavy atom. The van der Waals surface area contributed by atoms with Crippen molar-refractivity contribution in [1.29, 1.82) is 0 Å². The summed E-state index contributed by atoms with van der Waals surface area (Å²) in [7, 11) is 0. The second kappa shape index (κ2) is 14.5.